The predicted octanol–water partition coefficient (Wildman–Crippen LogP) is 4.45. The van der Waals surface area contributed by atoms with E-state index in [4.69, 9.17) is 11.6 Å². The molecule has 1 aliphatic rings. The molecular weight excluding hydrogens is 364 g/mol. The summed E-state index contributed by atoms with van der Waals surface area (Å²) in [6.07, 6.45) is 1.65. The number of halogens is 1. The summed E-state index contributed by atoms with van der Waals surface area (Å²) in [6.45, 7) is 1.08. The van der Waals surface area contributed by atoms with Crippen LogP contribution in [0.15, 0.2) is 46.7 Å². The lowest BCUT2D eigenvalue weighted by atomic mass is 9.95. The van der Waals surface area contributed by atoms with Crippen LogP contribution in [0.2, 0.25) is 4.34 Å². The van der Waals surface area contributed by atoms with Crippen molar-refractivity contribution >= 4 is 43.9 Å². The molecule has 0 spiro atoms. The largest absolute Gasteiger partial charge is 0.358 e. The van der Waals surface area contributed by atoms with Gasteiger partial charge in [0.1, 0.15) is 4.21 Å². The van der Waals surface area contributed by atoms with Gasteiger partial charge >= 0.3 is 0 Å². The highest BCUT2D eigenvalue weighted by Crippen LogP contribution is 2.34. The van der Waals surface area contributed by atoms with Gasteiger partial charge in [-0.05, 0) is 42.5 Å². The summed E-state index contributed by atoms with van der Waals surface area (Å²) < 4.78 is 27.7. The van der Waals surface area contributed by atoms with Gasteiger partial charge in [-0.2, -0.15) is 4.31 Å². The number of H-pyrrole nitrogens is 1. The highest BCUT2D eigenvalue weighted by Gasteiger charge is 2.31. The van der Waals surface area contributed by atoms with Crippen LogP contribution in [0, 0.1) is 0 Å². The van der Waals surface area contributed by atoms with Gasteiger partial charge in [0.2, 0.25) is 0 Å². The van der Waals surface area contributed by atoms with Crippen molar-refractivity contribution < 1.29 is 8.42 Å². The molecule has 7 heteroatoms. The minimum absolute atomic E-state index is 0.330. The van der Waals surface area contributed by atoms with Gasteiger partial charge in [0, 0.05) is 30.2 Å². The number of aromatic amines is 1. The molecule has 1 aliphatic heterocycles. The smallest absolute Gasteiger partial charge is 0.252 e. The van der Waals surface area contributed by atoms with E-state index >= 15 is 0 Å². The minimum atomic E-state index is -3.41. The Morgan fingerprint density at radius 3 is 2.54 bits per heavy atom. The Hall–Kier alpha value is -1.34. The van der Waals surface area contributed by atoms with E-state index in [9.17, 15) is 8.42 Å². The van der Waals surface area contributed by atoms with Crippen LogP contribution in [0.5, 0.6) is 0 Å². The van der Waals surface area contributed by atoms with Crippen molar-refractivity contribution in [2.75, 3.05) is 13.1 Å². The molecule has 4 rings (SSSR count). The zero-order valence-corrected chi connectivity index (χ0v) is 15.3. The highest BCUT2D eigenvalue weighted by molar-refractivity contribution is 7.91. The molecule has 1 aromatic carbocycles. The van der Waals surface area contributed by atoms with Crippen LogP contribution in [0.3, 0.4) is 0 Å². The predicted molar refractivity (Wildman–Crippen MR) is 98.4 cm³/mol. The lowest BCUT2D eigenvalue weighted by Crippen LogP contribution is -2.37. The first kappa shape index (κ1) is 16.1. The van der Waals surface area contributed by atoms with Crippen molar-refractivity contribution in [3.05, 3.63) is 52.5 Å². The molecule has 0 radical (unpaired) electrons. The molecule has 4 nitrogen and oxygen atoms in total. The molecular formula is C17H17ClN2O2S2. The Kier molecular flexibility index (Phi) is 4.16. The molecule has 1 fully saturated rings. The Morgan fingerprint density at radius 2 is 1.88 bits per heavy atom. The first-order chi connectivity index (χ1) is 11.5. The number of sulfonamides is 1. The number of hydrogen-bond acceptors (Lipinski definition) is 3. The fourth-order valence-electron chi connectivity index (χ4n) is 3.29. The van der Waals surface area contributed by atoms with Crippen molar-refractivity contribution in [2.24, 2.45) is 0 Å². The molecule has 0 saturated carbocycles. The topological polar surface area (TPSA) is 53.2 Å². The van der Waals surface area contributed by atoms with Gasteiger partial charge in [-0.3, -0.25) is 0 Å². The summed E-state index contributed by atoms with van der Waals surface area (Å²) in [4.78, 5) is 3.47. The second-order valence-corrected chi connectivity index (χ2v) is 9.93. The van der Waals surface area contributed by atoms with Gasteiger partial charge in [0.05, 0.1) is 4.34 Å². The Labute approximate surface area is 150 Å². The molecule has 0 atom stereocenters. The molecule has 3 aromatic rings. The number of fused-ring (bicyclic) bond motifs is 1. The van der Waals surface area contributed by atoms with Crippen LogP contribution in [0.1, 0.15) is 24.5 Å². The standard InChI is InChI=1S/C17H17ClN2O2S2/c18-16-5-6-17(23-16)24(21,22)20-9-7-12(8-10-20)15-11-13-3-1-2-4-14(13)19-15/h1-6,11-12,19H,7-10H2. The maximum absolute atomic E-state index is 12.7. The Balaban J connectivity index is 1.50. The van der Waals surface area contributed by atoms with Crippen molar-refractivity contribution in [2.45, 2.75) is 23.0 Å². The number of aromatic nitrogens is 1. The third-order valence-corrected chi connectivity index (χ3v) is 8.18. The Bertz CT molecular complexity index is 936. The second-order valence-electron chi connectivity index (χ2n) is 6.05. The summed E-state index contributed by atoms with van der Waals surface area (Å²) >= 11 is 7.00. The van der Waals surface area contributed by atoms with Crippen molar-refractivity contribution in [3.63, 3.8) is 0 Å². The van der Waals surface area contributed by atoms with Crippen molar-refractivity contribution in [1.29, 1.82) is 0 Å². The van der Waals surface area contributed by atoms with E-state index in [0.717, 1.165) is 29.7 Å². The second kappa shape index (κ2) is 6.19. The summed E-state index contributed by atoms with van der Waals surface area (Å²) in [7, 11) is -3.41. The molecule has 0 unspecified atom stereocenters. The zero-order valence-electron chi connectivity index (χ0n) is 12.9. The van der Waals surface area contributed by atoms with Gasteiger partial charge in [0.25, 0.3) is 10.0 Å². The van der Waals surface area contributed by atoms with Crippen LogP contribution in [0.25, 0.3) is 10.9 Å². The summed E-state index contributed by atoms with van der Waals surface area (Å²) in [6, 6.07) is 13.6. The van der Waals surface area contributed by atoms with E-state index < -0.39 is 10.0 Å². The van der Waals surface area contributed by atoms with Crippen LogP contribution in [-0.4, -0.2) is 30.8 Å². The lowest BCUT2D eigenvalue weighted by molar-refractivity contribution is 0.318. The number of hydrogen-bond donors (Lipinski definition) is 1. The third kappa shape index (κ3) is 2.88. The van der Waals surface area contributed by atoms with Gasteiger partial charge < -0.3 is 4.98 Å². The van der Waals surface area contributed by atoms with Crippen LogP contribution in [0.4, 0.5) is 0 Å². The number of para-hydroxylation sites is 1. The molecule has 2 aromatic heterocycles. The lowest BCUT2D eigenvalue weighted by Gasteiger charge is -2.30. The normalized spacial score (nSPS) is 17.5. The number of thiophene rings is 1. The summed E-state index contributed by atoms with van der Waals surface area (Å²) in [5, 5.41) is 1.20. The number of benzene rings is 1. The molecule has 126 valence electrons. The van der Waals surface area contributed by atoms with E-state index in [1.54, 1.807) is 16.4 Å². The van der Waals surface area contributed by atoms with Crippen LogP contribution >= 0.6 is 22.9 Å². The molecule has 0 amide bonds. The quantitative estimate of drug-likeness (QED) is 0.729. The van der Waals surface area contributed by atoms with Crippen molar-refractivity contribution in [1.82, 2.24) is 9.29 Å². The maximum Gasteiger partial charge on any atom is 0.252 e. The van der Waals surface area contributed by atoms with Crippen LogP contribution < -0.4 is 0 Å². The van der Waals surface area contributed by atoms with E-state index in [1.807, 2.05) is 12.1 Å². The maximum atomic E-state index is 12.7. The number of nitrogens with zero attached hydrogens (tertiary/aromatic N) is 1. The van der Waals surface area contributed by atoms with Gasteiger partial charge in [-0.25, -0.2) is 8.42 Å². The average molecular weight is 381 g/mol. The van der Waals surface area contributed by atoms with E-state index in [0.29, 0.717) is 27.6 Å². The first-order valence-electron chi connectivity index (χ1n) is 7.87. The van der Waals surface area contributed by atoms with Crippen LogP contribution in [-0.2, 0) is 10.0 Å². The SMILES string of the molecule is O=S(=O)(c1ccc(Cl)s1)N1CCC(c2cc3ccccc3[nH]2)CC1. The molecule has 1 N–H and O–H groups in total. The van der Waals surface area contributed by atoms with E-state index in [2.05, 4.69) is 23.2 Å². The average Bonchev–Trinajstić information content (AvgIpc) is 3.21. The van der Waals surface area contributed by atoms with Gasteiger partial charge in [-0.15, -0.1) is 11.3 Å². The van der Waals surface area contributed by atoms with E-state index in [1.165, 1.54) is 11.1 Å². The molecule has 0 bridgehead atoms. The third-order valence-electron chi connectivity index (χ3n) is 4.59. The summed E-state index contributed by atoms with van der Waals surface area (Å²) in [5.74, 6) is 0.371. The number of rotatable bonds is 3. The Morgan fingerprint density at radius 1 is 1.12 bits per heavy atom. The zero-order chi connectivity index (χ0) is 16.7. The molecule has 1 saturated heterocycles. The molecule has 0 aliphatic carbocycles. The molecule has 3 heterocycles. The summed E-state index contributed by atoms with van der Waals surface area (Å²) in [5.41, 5.74) is 2.34. The minimum Gasteiger partial charge on any atom is -0.358 e. The highest BCUT2D eigenvalue weighted by atomic mass is 35.5. The van der Waals surface area contributed by atoms with E-state index in [-0.39, 0.29) is 0 Å². The van der Waals surface area contributed by atoms with Gasteiger partial charge in [-0.1, -0.05) is 29.8 Å². The fraction of sp³-hybridized carbons (Fsp3) is 0.294. The number of nitrogens with one attached hydrogen (secondary N) is 1. The van der Waals surface area contributed by atoms with Crippen molar-refractivity contribution in [3.8, 4) is 0 Å². The first-order valence-corrected chi connectivity index (χ1v) is 10.5. The van der Waals surface area contributed by atoms with Gasteiger partial charge in [0.15, 0.2) is 0 Å². The monoisotopic (exact) mass is 380 g/mol. The number of piperidine rings is 1. The molecule has 24 heavy (non-hydrogen) atoms. The fourth-order valence-corrected chi connectivity index (χ4v) is 6.39.